The molecule has 0 aromatic heterocycles. The second-order valence-electron chi connectivity index (χ2n) is 4.27. The van der Waals surface area contributed by atoms with Crippen molar-refractivity contribution in [3.8, 4) is 0 Å². The van der Waals surface area contributed by atoms with E-state index in [-0.39, 0.29) is 0 Å². The first-order valence-corrected chi connectivity index (χ1v) is 7.12. The Labute approximate surface area is 96.1 Å². The van der Waals surface area contributed by atoms with Gasteiger partial charge in [-0.25, -0.2) is 12.7 Å². The number of nitrogens with zero attached hydrogens (tertiary/aromatic N) is 1. The molecule has 5 heteroatoms. The lowest BCUT2D eigenvalue weighted by molar-refractivity contribution is 0.478. The van der Waals surface area contributed by atoms with E-state index >= 15 is 0 Å². The average Bonchev–Trinajstić information content (AvgIpc) is 2.67. The van der Waals surface area contributed by atoms with E-state index in [2.05, 4.69) is 0 Å². The molecular weight excluding hydrogens is 224 g/mol. The molecule has 16 heavy (non-hydrogen) atoms. The second kappa shape index (κ2) is 4.07. The first-order valence-electron chi connectivity index (χ1n) is 5.27. The number of nitrogens with two attached hydrogens (primary N) is 1. The van der Waals surface area contributed by atoms with Crippen LogP contribution in [0.3, 0.4) is 0 Å². The molecule has 1 aliphatic heterocycles. The summed E-state index contributed by atoms with van der Waals surface area (Å²) in [5.74, 6) is 0.301. The number of benzene rings is 1. The van der Waals surface area contributed by atoms with Crippen LogP contribution in [0.25, 0.3) is 0 Å². The minimum absolute atomic E-state index is 0.301. The summed E-state index contributed by atoms with van der Waals surface area (Å²) < 4.78 is 24.3. The molecule has 0 radical (unpaired) electrons. The van der Waals surface area contributed by atoms with Gasteiger partial charge in [0, 0.05) is 18.8 Å². The third-order valence-corrected chi connectivity index (χ3v) is 4.30. The first-order chi connectivity index (χ1) is 7.47. The van der Waals surface area contributed by atoms with Crippen LogP contribution in [0.4, 0.5) is 5.69 Å². The first kappa shape index (κ1) is 11.4. The number of hydrogen-bond donors (Lipinski definition) is 1. The Kier molecular flexibility index (Phi) is 2.90. The lowest BCUT2D eigenvalue weighted by atomic mass is 9.98. The maximum atomic E-state index is 11.4. The molecule has 0 bridgehead atoms. The van der Waals surface area contributed by atoms with E-state index in [9.17, 15) is 8.42 Å². The van der Waals surface area contributed by atoms with E-state index in [1.165, 1.54) is 16.1 Å². The summed E-state index contributed by atoms with van der Waals surface area (Å²) >= 11 is 0. The molecule has 1 aliphatic rings. The predicted octanol–water partition coefficient (Wildman–Crippen LogP) is 1.02. The van der Waals surface area contributed by atoms with Crippen molar-refractivity contribution >= 4 is 15.7 Å². The highest BCUT2D eigenvalue weighted by Gasteiger charge is 2.29. The van der Waals surface area contributed by atoms with Gasteiger partial charge >= 0.3 is 0 Å². The molecule has 1 saturated heterocycles. The van der Waals surface area contributed by atoms with E-state index in [4.69, 9.17) is 5.73 Å². The Bertz CT molecular complexity index is 467. The number of nitrogen functional groups attached to an aromatic ring is 1. The normalized spacial score (nSPS) is 22.4. The van der Waals surface area contributed by atoms with Gasteiger partial charge < -0.3 is 5.73 Å². The molecule has 1 aromatic rings. The molecule has 0 amide bonds. The van der Waals surface area contributed by atoms with Crippen LogP contribution >= 0.6 is 0 Å². The van der Waals surface area contributed by atoms with Crippen LogP contribution < -0.4 is 5.73 Å². The van der Waals surface area contributed by atoms with Gasteiger partial charge in [-0.1, -0.05) is 12.1 Å². The van der Waals surface area contributed by atoms with Crippen molar-refractivity contribution in [2.75, 3.05) is 25.1 Å². The third kappa shape index (κ3) is 2.36. The van der Waals surface area contributed by atoms with Gasteiger partial charge in [0.25, 0.3) is 0 Å². The van der Waals surface area contributed by atoms with E-state index in [0.29, 0.717) is 19.0 Å². The number of hydrogen-bond acceptors (Lipinski definition) is 3. The van der Waals surface area contributed by atoms with Crippen LogP contribution in [-0.2, 0) is 10.0 Å². The minimum atomic E-state index is -3.04. The molecule has 1 heterocycles. The molecule has 4 nitrogen and oxygen atoms in total. The maximum absolute atomic E-state index is 11.4. The Morgan fingerprint density at radius 3 is 2.44 bits per heavy atom. The van der Waals surface area contributed by atoms with Crippen molar-refractivity contribution in [3.05, 3.63) is 29.8 Å². The van der Waals surface area contributed by atoms with Crippen molar-refractivity contribution in [2.45, 2.75) is 12.3 Å². The summed E-state index contributed by atoms with van der Waals surface area (Å²) in [5.41, 5.74) is 7.52. The molecule has 0 saturated carbocycles. The van der Waals surface area contributed by atoms with Gasteiger partial charge in [-0.05, 0) is 30.0 Å². The zero-order valence-electron chi connectivity index (χ0n) is 9.26. The Morgan fingerprint density at radius 1 is 1.31 bits per heavy atom. The molecule has 1 fully saturated rings. The standard InChI is InChI=1S/C11H16N2O2S/c1-16(14,15)13-7-6-10(8-13)9-2-4-11(12)5-3-9/h2-5,10H,6-8,12H2,1H3. The fourth-order valence-corrected chi connectivity index (χ4v) is 2.96. The van der Waals surface area contributed by atoms with Crippen molar-refractivity contribution < 1.29 is 8.42 Å². The number of anilines is 1. The Hall–Kier alpha value is -1.07. The van der Waals surface area contributed by atoms with Crippen molar-refractivity contribution in [1.29, 1.82) is 0 Å². The van der Waals surface area contributed by atoms with Crippen LogP contribution in [0.15, 0.2) is 24.3 Å². The van der Waals surface area contributed by atoms with Crippen molar-refractivity contribution in [2.24, 2.45) is 0 Å². The van der Waals surface area contributed by atoms with Crippen LogP contribution in [0.1, 0.15) is 17.9 Å². The maximum Gasteiger partial charge on any atom is 0.211 e. The zero-order valence-corrected chi connectivity index (χ0v) is 10.1. The van der Waals surface area contributed by atoms with Gasteiger partial charge in [-0.2, -0.15) is 0 Å². The molecule has 0 spiro atoms. The van der Waals surface area contributed by atoms with Crippen LogP contribution in [0.2, 0.25) is 0 Å². The smallest absolute Gasteiger partial charge is 0.211 e. The summed E-state index contributed by atoms with van der Waals surface area (Å²) in [7, 11) is -3.04. The van der Waals surface area contributed by atoms with Crippen LogP contribution in [0, 0.1) is 0 Å². The fraction of sp³-hybridized carbons (Fsp3) is 0.455. The second-order valence-corrected chi connectivity index (χ2v) is 6.26. The molecule has 1 atom stereocenters. The van der Waals surface area contributed by atoms with Gasteiger partial charge in [-0.15, -0.1) is 0 Å². The minimum Gasteiger partial charge on any atom is -0.399 e. The molecular formula is C11H16N2O2S. The molecule has 0 aliphatic carbocycles. The monoisotopic (exact) mass is 240 g/mol. The predicted molar refractivity (Wildman–Crippen MR) is 64.6 cm³/mol. The lowest BCUT2D eigenvalue weighted by Crippen LogP contribution is -2.27. The highest BCUT2D eigenvalue weighted by Crippen LogP contribution is 2.28. The highest BCUT2D eigenvalue weighted by atomic mass is 32.2. The quantitative estimate of drug-likeness (QED) is 0.785. The lowest BCUT2D eigenvalue weighted by Gasteiger charge is -2.13. The Balaban J connectivity index is 2.12. The topological polar surface area (TPSA) is 63.4 Å². The summed E-state index contributed by atoms with van der Waals surface area (Å²) in [6.45, 7) is 1.20. The molecule has 2 rings (SSSR count). The van der Waals surface area contributed by atoms with E-state index < -0.39 is 10.0 Å². The molecule has 1 unspecified atom stereocenters. The van der Waals surface area contributed by atoms with Gasteiger partial charge in [-0.3, -0.25) is 0 Å². The van der Waals surface area contributed by atoms with Gasteiger partial charge in [0.2, 0.25) is 10.0 Å². The fourth-order valence-electron chi connectivity index (χ4n) is 2.07. The molecule has 2 N–H and O–H groups in total. The highest BCUT2D eigenvalue weighted by molar-refractivity contribution is 7.88. The SMILES string of the molecule is CS(=O)(=O)N1CCC(c2ccc(N)cc2)C1. The van der Waals surface area contributed by atoms with Crippen LogP contribution in [0.5, 0.6) is 0 Å². The summed E-state index contributed by atoms with van der Waals surface area (Å²) in [5, 5.41) is 0. The van der Waals surface area contributed by atoms with E-state index in [0.717, 1.165) is 12.1 Å². The van der Waals surface area contributed by atoms with Crippen molar-refractivity contribution in [1.82, 2.24) is 4.31 Å². The Morgan fingerprint density at radius 2 is 1.94 bits per heavy atom. The van der Waals surface area contributed by atoms with Gasteiger partial charge in [0.1, 0.15) is 0 Å². The molecule has 88 valence electrons. The average molecular weight is 240 g/mol. The van der Waals surface area contributed by atoms with Gasteiger partial charge in [0.15, 0.2) is 0 Å². The summed E-state index contributed by atoms with van der Waals surface area (Å²) in [4.78, 5) is 0. The summed E-state index contributed by atoms with van der Waals surface area (Å²) in [6, 6.07) is 7.68. The third-order valence-electron chi connectivity index (χ3n) is 3.03. The summed E-state index contributed by atoms with van der Waals surface area (Å²) in [6.07, 6.45) is 2.15. The zero-order chi connectivity index (χ0) is 11.8. The van der Waals surface area contributed by atoms with E-state index in [1.807, 2.05) is 24.3 Å². The van der Waals surface area contributed by atoms with E-state index in [1.54, 1.807) is 0 Å². The molecule has 1 aromatic carbocycles. The number of sulfonamides is 1. The van der Waals surface area contributed by atoms with Crippen LogP contribution in [-0.4, -0.2) is 32.1 Å². The van der Waals surface area contributed by atoms with Crippen molar-refractivity contribution in [3.63, 3.8) is 0 Å². The number of rotatable bonds is 2. The van der Waals surface area contributed by atoms with Gasteiger partial charge in [0.05, 0.1) is 6.26 Å². The largest absolute Gasteiger partial charge is 0.399 e.